The minimum atomic E-state index is 0.790. The monoisotopic (exact) mass is 170 g/mol. The van der Waals surface area contributed by atoms with Crippen LogP contribution in [0.3, 0.4) is 0 Å². The van der Waals surface area contributed by atoms with Crippen molar-refractivity contribution in [2.45, 2.75) is 26.7 Å². The first kappa shape index (κ1) is 10.0. The van der Waals surface area contributed by atoms with Crippen LogP contribution in [0, 0.1) is 11.8 Å². The minimum Gasteiger partial charge on any atom is -0.330 e. The lowest BCUT2D eigenvalue weighted by molar-refractivity contribution is 0.125. The van der Waals surface area contributed by atoms with Gasteiger partial charge in [-0.1, -0.05) is 20.3 Å². The number of nitrogens with zero attached hydrogens (tertiary/aromatic N) is 1. The van der Waals surface area contributed by atoms with Crippen molar-refractivity contribution >= 4 is 0 Å². The summed E-state index contributed by atoms with van der Waals surface area (Å²) in [4.78, 5) is 2.54. The minimum absolute atomic E-state index is 0.790. The Labute approximate surface area is 76.1 Å². The van der Waals surface area contributed by atoms with Gasteiger partial charge in [0.05, 0.1) is 0 Å². The molecular formula is C10H22N2. The van der Waals surface area contributed by atoms with Crippen LogP contribution in [0.25, 0.3) is 0 Å². The summed E-state index contributed by atoms with van der Waals surface area (Å²) in [7, 11) is 0. The number of rotatable bonds is 3. The van der Waals surface area contributed by atoms with Gasteiger partial charge in [-0.05, 0) is 37.9 Å². The van der Waals surface area contributed by atoms with Crippen molar-refractivity contribution in [1.82, 2.24) is 4.90 Å². The van der Waals surface area contributed by atoms with Gasteiger partial charge in [0.25, 0.3) is 0 Å². The molecule has 0 bridgehead atoms. The number of hydrogen-bond acceptors (Lipinski definition) is 2. The molecule has 0 aromatic carbocycles. The van der Waals surface area contributed by atoms with Crippen LogP contribution in [0.2, 0.25) is 0 Å². The van der Waals surface area contributed by atoms with Crippen LogP contribution in [0.15, 0.2) is 0 Å². The van der Waals surface area contributed by atoms with Crippen LogP contribution < -0.4 is 5.73 Å². The molecule has 0 aromatic heterocycles. The maximum absolute atomic E-state index is 5.74. The van der Waals surface area contributed by atoms with E-state index in [1.165, 1.54) is 32.5 Å². The standard InChI is InChI=1S/C10H22N2/c1-3-9-8-12(4-2)6-5-10(9)7-11/h9-10H,3-8,11H2,1-2H3. The Morgan fingerprint density at radius 2 is 2.08 bits per heavy atom. The maximum atomic E-state index is 5.74. The highest BCUT2D eigenvalue weighted by Crippen LogP contribution is 2.24. The average molecular weight is 170 g/mol. The number of nitrogens with two attached hydrogens (primary N) is 1. The van der Waals surface area contributed by atoms with Crippen molar-refractivity contribution in [3.63, 3.8) is 0 Å². The number of hydrogen-bond donors (Lipinski definition) is 1. The average Bonchev–Trinajstić information content (AvgIpc) is 2.16. The molecule has 0 aromatic rings. The summed E-state index contributed by atoms with van der Waals surface area (Å²) in [5, 5.41) is 0. The predicted octanol–water partition coefficient (Wildman–Crippen LogP) is 1.31. The quantitative estimate of drug-likeness (QED) is 0.692. The van der Waals surface area contributed by atoms with E-state index in [0.717, 1.165) is 18.4 Å². The maximum Gasteiger partial charge on any atom is 0.00126 e. The van der Waals surface area contributed by atoms with E-state index in [4.69, 9.17) is 5.73 Å². The highest BCUT2D eigenvalue weighted by Gasteiger charge is 2.25. The first-order valence-electron chi connectivity index (χ1n) is 5.24. The zero-order valence-electron chi connectivity index (χ0n) is 8.42. The van der Waals surface area contributed by atoms with Crippen molar-refractivity contribution < 1.29 is 0 Å². The van der Waals surface area contributed by atoms with Gasteiger partial charge in [0.15, 0.2) is 0 Å². The SMILES string of the molecule is CCC1CN(CC)CCC1CN. The van der Waals surface area contributed by atoms with Crippen molar-refractivity contribution in [3.05, 3.63) is 0 Å². The normalized spacial score (nSPS) is 32.2. The molecule has 1 aliphatic rings. The van der Waals surface area contributed by atoms with Gasteiger partial charge in [-0.15, -0.1) is 0 Å². The van der Waals surface area contributed by atoms with Gasteiger partial charge in [0.1, 0.15) is 0 Å². The van der Waals surface area contributed by atoms with Gasteiger partial charge in [-0.25, -0.2) is 0 Å². The molecule has 2 nitrogen and oxygen atoms in total. The molecule has 0 spiro atoms. The fraction of sp³-hybridized carbons (Fsp3) is 1.00. The highest BCUT2D eigenvalue weighted by molar-refractivity contribution is 4.79. The molecule has 1 heterocycles. The van der Waals surface area contributed by atoms with Crippen LogP contribution >= 0.6 is 0 Å². The molecule has 1 aliphatic heterocycles. The lowest BCUT2D eigenvalue weighted by atomic mass is 9.84. The lowest BCUT2D eigenvalue weighted by Crippen LogP contribution is -2.42. The van der Waals surface area contributed by atoms with E-state index in [1.54, 1.807) is 0 Å². The van der Waals surface area contributed by atoms with Gasteiger partial charge in [0.2, 0.25) is 0 Å². The third-order valence-corrected chi connectivity index (χ3v) is 3.25. The van der Waals surface area contributed by atoms with Crippen LogP contribution in [0.5, 0.6) is 0 Å². The molecular weight excluding hydrogens is 148 g/mol. The third kappa shape index (κ3) is 2.20. The fourth-order valence-electron chi connectivity index (χ4n) is 2.22. The Hall–Kier alpha value is -0.0800. The second-order valence-electron chi connectivity index (χ2n) is 3.85. The van der Waals surface area contributed by atoms with E-state index in [9.17, 15) is 0 Å². The zero-order chi connectivity index (χ0) is 8.97. The molecule has 1 saturated heterocycles. The van der Waals surface area contributed by atoms with Crippen LogP contribution in [-0.4, -0.2) is 31.1 Å². The Morgan fingerprint density at radius 3 is 2.58 bits per heavy atom. The van der Waals surface area contributed by atoms with Crippen LogP contribution in [0.4, 0.5) is 0 Å². The summed E-state index contributed by atoms with van der Waals surface area (Å²) in [5.41, 5.74) is 5.74. The molecule has 72 valence electrons. The molecule has 2 heteroatoms. The van der Waals surface area contributed by atoms with Crippen LogP contribution in [-0.2, 0) is 0 Å². The summed E-state index contributed by atoms with van der Waals surface area (Å²) >= 11 is 0. The molecule has 0 radical (unpaired) electrons. The molecule has 0 aliphatic carbocycles. The molecule has 0 saturated carbocycles. The summed E-state index contributed by atoms with van der Waals surface area (Å²) in [5.74, 6) is 1.64. The first-order chi connectivity index (χ1) is 5.81. The van der Waals surface area contributed by atoms with Gasteiger partial charge >= 0.3 is 0 Å². The highest BCUT2D eigenvalue weighted by atomic mass is 15.1. The van der Waals surface area contributed by atoms with Crippen molar-refractivity contribution in [2.75, 3.05) is 26.2 Å². The van der Waals surface area contributed by atoms with Gasteiger partial charge in [0, 0.05) is 6.54 Å². The van der Waals surface area contributed by atoms with Crippen LogP contribution in [0.1, 0.15) is 26.7 Å². The molecule has 1 fully saturated rings. The third-order valence-electron chi connectivity index (χ3n) is 3.25. The molecule has 0 amide bonds. The summed E-state index contributed by atoms with van der Waals surface area (Å²) < 4.78 is 0. The predicted molar refractivity (Wildman–Crippen MR) is 53.1 cm³/mol. The lowest BCUT2D eigenvalue weighted by Gasteiger charge is -2.37. The second-order valence-corrected chi connectivity index (χ2v) is 3.85. The number of likely N-dealkylation sites (tertiary alicyclic amines) is 1. The molecule has 2 atom stereocenters. The summed E-state index contributed by atoms with van der Waals surface area (Å²) in [6.07, 6.45) is 2.60. The van der Waals surface area contributed by atoms with E-state index in [2.05, 4.69) is 18.7 Å². The van der Waals surface area contributed by atoms with E-state index in [0.29, 0.717) is 0 Å². The summed E-state index contributed by atoms with van der Waals surface area (Å²) in [6.45, 7) is 9.15. The van der Waals surface area contributed by atoms with Gasteiger partial charge in [-0.2, -0.15) is 0 Å². The van der Waals surface area contributed by atoms with E-state index in [1.807, 2.05) is 0 Å². The molecule has 2 unspecified atom stereocenters. The Balaban J connectivity index is 2.41. The zero-order valence-corrected chi connectivity index (χ0v) is 8.42. The Kier molecular flexibility index (Phi) is 4.02. The molecule has 12 heavy (non-hydrogen) atoms. The van der Waals surface area contributed by atoms with Gasteiger partial charge < -0.3 is 10.6 Å². The second kappa shape index (κ2) is 4.83. The molecule has 1 rings (SSSR count). The molecule has 2 N–H and O–H groups in total. The largest absolute Gasteiger partial charge is 0.330 e. The topological polar surface area (TPSA) is 29.3 Å². The Morgan fingerprint density at radius 1 is 1.33 bits per heavy atom. The smallest absolute Gasteiger partial charge is 0.00126 e. The van der Waals surface area contributed by atoms with E-state index in [-0.39, 0.29) is 0 Å². The first-order valence-corrected chi connectivity index (χ1v) is 5.24. The van der Waals surface area contributed by atoms with Crippen molar-refractivity contribution in [1.29, 1.82) is 0 Å². The van der Waals surface area contributed by atoms with Gasteiger partial charge in [-0.3, -0.25) is 0 Å². The van der Waals surface area contributed by atoms with E-state index >= 15 is 0 Å². The number of piperidine rings is 1. The Bertz CT molecular complexity index is 125. The fourth-order valence-corrected chi connectivity index (χ4v) is 2.22. The van der Waals surface area contributed by atoms with Crippen molar-refractivity contribution in [2.24, 2.45) is 17.6 Å². The van der Waals surface area contributed by atoms with Crippen molar-refractivity contribution in [3.8, 4) is 0 Å². The van der Waals surface area contributed by atoms with E-state index < -0.39 is 0 Å². The summed E-state index contributed by atoms with van der Waals surface area (Å²) in [6, 6.07) is 0.